The van der Waals surface area contributed by atoms with E-state index >= 15 is 0 Å². The molecule has 0 aromatic carbocycles. The summed E-state index contributed by atoms with van der Waals surface area (Å²) in [5.74, 6) is 2.30. The molecule has 1 heterocycles. The molecule has 35 heavy (non-hydrogen) atoms. The molecule has 4 atom stereocenters. The van der Waals surface area contributed by atoms with Crippen LogP contribution in [0.1, 0.15) is 101 Å². The molecule has 5 heteroatoms. The van der Waals surface area contributed by atoms with Gasteiger partial charge in [-0.1, -0.05) is 27.7 Å². The summed E-state index contributed by atoms with van der Waals surface area (Å²) in [5, 5.41) is 0. The summed E-state index contributed by atoms with van der Waals surface area (Å²) in [4.78, 5) is 2.58. The van der Waals surface area contributed by atoms with Crippen LogP contribution in [0.2, 0.25) is 0 Å². The molecule has 1 saturated heterocycles. The van der Waals surface area contributed by atoms with E-state index in [1.807, 2.05) is 0 Å². The number of likely N-dealkylation sites (tertiary alicyclic amines) is 1. The van der Waals surface area contributed by atoms with Crippen molar-refractivity contribution < 1.29 is 18.9 Å². The SMILES string of the molecule is CC(COCC(C)CC(C)COC1CC(OC(C)C)C1)CC(C)COC1CCN(C(C)(C)C)CC1. The Labute approximate surface area is 218 Å². The normalized spacial score (nSPS) is 25.9. The van der Waals surface area contributed by atoms with Gasteiger partial charge in [0.2, 0.25) is 0 Å². The number of piperidine rings is 1. The van der Waals surface area contributed by atoms with Crippen LogP contribution in [-0.4, -0.2) is 74.4 Å². The number of hydrogen-bond donors (Lipinski definition) is 0. The van der Waals surface area contributed by atoms with E-state index in [2.05, 4.69) is 67.2 Å². The first-order chi connectivity index (χ1) is 16.4. The van der Waals surface area contributed by atoms with Crippen LogP contribution in [0.3, 0.4) is 0 Å². The van der Waals surface area contributed by atoms with Crippen LogP contribution in [0.25, 0.3) is 0 Å². The zero-order valence-electron chi connectivity index (χ0n) is 24.7. The Morgan fingerprint density at radius 1 is 0.657 bits per heavy atom. The molecule has 0 bridgehead atoms. The standard InChI is InChI=1S/C30H59NO4/c1-22(2)35-29-16-28(17-29)34-21-26(6)15-24(4)19-32-18-23(3)14-25(5)20-33-27-10-12-31(13-11-27)30(7,8)9/h22-29H,10-21H2,1-9H3. The van der Waals surface area contributed by atoms with E-state index < -0.39 is 0 Å². The molecular formula is C30H59NO4. The van der Waals surface area contributed by atoms with Crippen molar-refractivity contribution in [1.29, 1.82) is 0 Å². The minimum Gasteiger partial charge on any atom is -0.381 e. The highest BCUT2D eigenvalue weighted by Gasteiger charge is 2.31. The van der Waals surface area contributed by atoms with Crippen molar-refractivity contribution in [2.24, 2.45) is 23.7 Å². The summed E-state index contributed by atoms with van der Waals surface area (Å²) in [6.45, 7) is 26.1. The highest BCUT2D eigenvalue weighted by atomic mass is 16.5. The van der Waals surface area contributed by atoms with E-state index in [4.69, 9.17) is 18.9 Å². The number of rotatable bonds is 16. The molecule has 1 saturated carbocycles. The van der Waals surface area contributed by atoms with Crippen molar-refractivity contribution in [3.63, 3.8) is 0 Å². The average molecular weight is 498 g/mol. The van der Waals surface area contributed by atoms with E-state index in [-0.39, 0.29) is 5.54 Å². The molecular weight excluding hydrogens is 438 g/mol. The van der Waals surface area contributed by atoms with Crippen LogP contribution in [-0.2, 0) is 18.9 Å². The number of hydrogen-bond acceptors (Lipinski definition) is 5. The first kappa shape index (κ1) is 31.0. The van der Waals surface area contributed by atoms with Gasteiger partial charge in [0.25, 0.3) is 0 Å². The molecule has 2 fully saturated rings. The highest BCUT2D eigenvalue weighted by Crippen LogP contribution is 2.28. The Bertz CT molecular complexity index is 549. The molecule has 2 aliphatic rings. The molecule has 1 aliphatic heterocycles. The Morgan fingerprint density at radius 2 is 1.11 bits per heavy atom. The fraction of sp³-hybridized carbons (Fsp3) is 1.00. The van der Waals surface area contributed by atoms with Crippen LogP contribution in [0.5, 0.6) is 0 Å². The Morgan fingerprint density at radius 3 is 1.57 bits per heavy atom. The second-order valence-corrected chi connectivity index (χ2v) is 13.4. The van der Waals surface area contributed by atoms with Gasteiger partial charge in [-0.3, -0.25) is 4.90 Å². The maximum atomic E-state index is 6.28. The zero-order chi connectivity index (χ0) is 26.0. The Kier molecular flexibility index (Phi) is 13.5. The third-order valence-electron chi connectivity index (χ3n) is 7.55. The second-order valence-electron chi connectivity index (χ2n) is 13.4. The Hall–Kier alpha value is -0.200. The van der Waals surface area contributed by atoms with Gasteiger partial charge in [-0.05, 0) is 96.8 Å². The summed E-state index contributed by atoms with van der Waals surface area (Å²) in [5.41, 5.74) is 0.278. The van der Waals surface area contributed by atoms with Crippen LogP contribution in [0.15, 0.2) is 0 Å². The molecule has 4 unspecified atom stereocenters. The molecule has 1 aliphatic carbocycles. The zero-order valence-corrected chi connectivity index (χ0v) is 24.7. The van der Waals surface area contributed by atoms with Crippen LogP contribution in [0.4, 0.5) is 0 Å². The molecule has 208 valence electrons. The van der Waals surface area contributed by atoms with E-state index in [0.717, 1.165) is 71.6 Å². The van der Waals surface area contributed by atoms with E-state index in [1.54, 1.807) is 0 Å². The molecule has 0 radical (unpaired) electrons. The second kappa shape index (κ2) is 15.3. The Balaban J connectivity index is 1.47. The third kappa shape index (κ3) is 12.7. The monoisotopic (exact) mass is 497 g/mol. The quantitative estimate of drug-likeness (QED) is 0.241. The van der Waals surface area contributed by atoms with Crippen LogP contribution in [0, 0.1) is 23.7 Å². The fourth-order valence-corrected chi connectivity index (χ4v) is 5.56. The summed E-state index contributed by atoms with van der Waals surface area (Å²) >= 11 is 0. The molecule has 0 N–H and O–H groups in total. The van der Waals surface area contributed by atoms with Crippen molar-refractivity contribution in [2.45, 2.75) is 131 Å². The van der Waals surface area contributed by atoms with Gasteiger partial charge < -0.3 is 18.9 Å². The van der Waals surface area contributed by atoms with Gasteiger partial charge in [0.15, 0.2) is 0 Å². The lowest BCUT2D eigenvalue weighted by atomic mass is 9.91. The summed E-state index contributed by atoms with van der Waals surface area (Å²) < 4.78 is 24.3. The maximum Gasteiger partial charge on any atom is 0.0628 e. The van der Waals surface area contributed by atoms with Gasteiger partial charge >= 0.3 is 0 Å². The molecule has 2 rings (SSSR count). The maximum absolute atomic E-state index is 6.28. The van der Waals surface area contributed by atoms with E-state index in [1.165, 1.54) is 6.42 Å². The topological polar surface area (TPSA) is 40.2 Å². The minimum absolute atomic E-state index is 0.278. The molecule has 0 amide bonds. The van der Waals surface area contributed by atoms with Crippen molar-refractivity contribution in [3.05, 3.63) is 0 Å². The summed E-state index contributed by atoms with van der Waals surface area (Å²) in [6, 6.07) is 0. The first-order valence-corrected chi connectivity index (χ1v) is 14.6. The van der Waals surface area contributed by atoms with Gasteiger partial charge in [0.05, 0.1) is 24.4 Å². The smallest absolute Gasteiger partial charge is 0.0628 e. The third-order valence-corrected chi connectivity index (χ3v) is 7.55. The van der Waals surface area contributed by atoms with Gasteiger partial charge in [0, 0.05) is 45.1 Å². The van der Waals surface area contributed by atoms with Crippen molar-refractivity contribution in [1.82, 2.24) is 4.90 Å². The number of ether oxygens (including phenoxy) is 4. The largest absolute Gasteiger partial charge is 0.381 e. The van der Waals surface area contributed by atoms with Crippen molar-refractivity contribution >= 4 is 0 Å². The van der Waals surface area contributed by atoms with Crippen molar-refractivity contribution in [3.8, 4) is 0 Å². The van der Waals surface area contributed by atoms with E-state index in [9.17, 15) is 0 Å². The molecule has 0 aromatic rings. The van der Waals surface area contributed by atoms with Crippen LogP contribution >= 0.6 is 0 Å². The first-order valence-electron chi connectivity index (χ1n) is 14.6. The van der Waals surface area contributed by atoms with Gasteiger partial charge in [-0.15, -0.1) is 0 Å². The summed E-state index contributed by atoms with van der Waals surface area (Å²) in [6.07, 6.45) is 8.34. The molecule has 5 nitrogen and oxygen atoms in total. The van der Waals surface area contributed by atoms with Gasteiger partial charge in [-0.25, -0.2) is 0 Å². The number of nitrogens with zero attached hydrogens (tertiary/aromatic N) is 1. The fourth-order valence-electron chi connectivity index (χ4n) is 5.56. The minimum atomic E-state index is 0.278. The molecule has 0 aromatic heterocycles. The summed E-state index contributed by atoms with van der Waals surface area (Å²) in [7, 11) is 0. The van der Waals surface area contributed by atoms with Gasteiger partial charge in [0.1, 0.15) is 0 Å². The lowest BCUT2D eigenvalue weighted by Crippen LogP contribution is -2.47. The molecule has 0 spiro atoms. The van der Waals surface area contributed by atoms with Crippen molar-refractivity contribution in [2.75, 3.05) is 39.5 Å². The van der Waals surface area contributed by atoms with Gasteiger partial charge in [-0.2, -0.15) is 0 Å². The highest BCUT2D eigenvalue weighted by molar-refractivity contribution is 4.83. The van der Waals surface area contributed by atoms with E-state index in [0.29, 0.717) is 48.1 Å². The predicted molar refractivity (Wildman–Crippen MR) is 146 cm³/mol. The van der Waals surface area contributed by atoms with Crippen LogP contribution < -0.4 is 0 Å². The lowest BCUT2D eigenvalue weighted by Gasteiger charge is -2.41. The lowest BCUT2D eigenvalue weighted by molar-refractivity contribution is -0.123. The predicted octanol–water partition coefficient (Wildman–Crippen LogP) is 6.58. The average Bonchev–Trinajstić information content (AvgIpc) is 2.73.